The lowest BCUT2D eigenvalue weighted by molar-refractivity contribution is -0.134. The van der Waals surface area contributed by atoms with E-state index in [-0.39, 0.29) is 24.6 Å². The molecule has 2 aliphatic heterocycles. The molecule has 2 heterocycles. The highest BCUT2D eigenvalue weighted by atomic mass is 32.2. The minimum absolute atomic E-state index is 0.0355. The molecule has 12 heteroatoms. The molecule has 4 aliphatic rings. The third-order valence-electron chi connectivity index (χ3n) is 8.61. The first-order chi connectivity index (χ1) is 16.6. The SMILES string of the molecule is COCOC[C@@](C)(NC(=O)OC(C)(C)C)[C@@H]1OC=N[C@H]1C(=O)N1[C@H]2C[C@@H]3CC[C@@]2(CS1(=O)=O)C3(C)C. The van der Waals surface area contributed by atoms with E-state index < -0.39 is 56.8 Å². The van der Waals surface area contributed by atoms with Crippen molar-refractivity contribution in [3.63, 3.8) is 0 Å². The molecule has 2 saturated carbocycles. The normalized spacial score (nSPS) is 35.2. The summed E-state index contributed by atoms with van der Waals surface area (Å²) in [6.45, 7) is 11.0. The Bertz CT molecular complexity index is 1040. The van der Waals surface area contributed by atoms with Gasteiger partial charge in [0.2, 0.25) is 10.0 Å². The third kappa shape index (κ3) is 4.28. The van der Waals surface area contributed by atoms with Crippen molar-refractivity contribution in [3.05, 3.63) is 0 Å². The number of nitrogens with one attached hydrogen (secondary N) is 1. The molecule has 1 saturated heterocycles. The van der Waals surface area contributed by atoms with E-state index in [9.17, 15) is 18.0 Å². The van der Waals surface area contributed by atoms with Gasteiger partial charge in [0.15, 0.2) is 18.5 Å². The molecule has 0 aromatic heterocycles. The fourth-order valence-corrected chi connectivity index (χ4v) is 9.34. The van der Waals surface area contributed by atoms with Crippen LogP contribution in [0.15, 0.2) is 4.99 Å². The Hall–Kier alpha value is -1.92. The molecule has 11 nitrogen and oxygen atoms in total. The number of nitrogens with zero attached hydrogens (tertiary/aromatic N) is 2. The second-order valence-electron chi connectivity index (χ2n) is 12.3. The van der Waals surface area contributed by atoms with Gasteiger partial charge in [-0.05, 0) is 58.3 Å². The number of rotatable bonds is 7. The van der Waals surface area contributed by atoms with Crippen LogP contribution in [-0.2, 0) is 33.8 Å². The topological polar surface area (TPSA) is 133 Å². The Kier molecular flexibility index (Phi) is 6.66. The Morgan fingerprint density at radius 2 is 1.94 bits per heavy atom. The number of fused-ring (bicyclic) bond motifs is 1. The number of aliphatic imine (C=N–C) groups is 1. The van der Waals surface area contributed by atoms with Gasteiger partial charge in [-0.25, -0.2) is 22.5 Å². The number of carbonyl (C=O) groups is 2. The van der Waals surface area contributed by atoms with Crippen LogP contribution in [0, 0.1) is 16.7 Å². The maximum absolute atomic E-state index is 13.9. The summed E-state index contributed by atoms with van der Waals surface area (Å²) in [6.07, 6.45) is 1.81. The number of hydrogen-bond acceptors (Lipinski definition) is 9. The second-order valence-corrected chi connectivity index (χ2v) is 14.2. The van der Waals surface area contributed by atoms with Crippen LogP contribution in [0.3, 0.4) is 0 Å². The summed E-state index contributed by atoms with van der Waals surface area (Å²) >= 11 is 0. The number of amides is 2. The van der Waals surface area contributed by atoms with Crippen LogP contribution in [0.2, 0.25) is 0 Å². The first-order valence-electron chi connectivity index (χ1n) is 12.4. The smallest absolute Gasteiger partial charge is 0.408 e. The highest BCUT2D eigenvalue weighted by Gasteiger charge is 2.73. The highest BCUT2D eigenvalue weighted by molar-refractivity contribution is 7.90. The second kappa shape index (κ2) is 8.83. The van der Waals surface area contributed by atoms with Crippen molar-refractivity contribution in [3.8, 4) is 0 Å². The van der Waals surface area contributed by atoms with Crippen molar-refractivity contribution in [1.29, 1.82) is 0 Å². The summed E-state index contributed by atoms with van der Waals surface area (Å²) in [5.41, 5.74) is -2.67. The van der Waals surface area contributed by atoms with E-state index in [2.05, 4.69) is 24.2 Å². The molecule has 0 unspecified atom stereocenters. The maximum Gasteiger partial charge on any atom is 0.408 e. The third-order valence-corrected chi connectivity index (χ3v) is 10.5. The number of ether oxygens (including phenoxy) is 4. The van der Waals surface area contributed by atoms with Crippen molar-refractivity contribution >= 4 is 28.4 Å². The van der Waals surface area contributed by atoms with Gasteiger partial charge in [0.1, 0.15) is 17.9 Å². The number of alkyl carbamates (subject to hydrolysis) is 1. The molecule has 2 bridgehead atoms. The zero-order valence-electron chi connectivity index (χ0n) is 22.2. The van der Waals surface area contributed by atoms with E-state index in [4.69, 9.17) is 18.9 Å². The molecule has 1 N–H and O–H groups in total. The van der Waals surface area contributed by atoms with Gasteiger partial charge in [0, 0.05) is 12.5 Å². The molecule has 6 atom stereocenters. The lowest BCUT2D eigenvalue weighted by Crippen LogP contribution is -2.63. The van der Waals surface area contributed by atoms with E-state index in [1.54, 1.807) is 27.7 Å². The minimum Gasteiger partial charge on any atom is -0.475 e. The predicted octanol–water partition coefficient (Wildman–Crippen LogP) is 2.05. The molecule has 0 aromatic carbocycles. The van der Waals surface area contributed by atoms with E-state index >= 15 is 0 Å². The number of hydrogen-bond donors (Lipinski definition) is 1. The van der Waals surface area contributed by atoms with Crippen LogP contribution in [0.5, 0.6) is 0 Å². The highest BCUT2D eigenvalue weighted by Crippen LogP contribution is 2.70. The Balaban J connectivity index is 1.61. The zero-order valence-corrected chi connectivity index (χ0v) is 23.0. The Labute approximate surface area is 213 Å². The van der Waals surface area contributed by atoms with E-state index in [1.165, 1.54) is 7.11 Å². The lowest BCUT2D eigenvalue weighted by Gasteiger charge is -2.39. The molecular weight excluding hydrogens is 490 g/mol. The molecule has 0 radical (unpaired) electrons. The van der Waals surface area contributed by atoms with Crippen LogP contribution in [0.4, 0.5) is 4.79 Å². The summed E-state index contributed by atoms with van der Waals surface area (Å²) < 4.78 is 49.6. The van der Waals surface area contributed by atoms with Crippen molar-refractivity contribution in [2.45, 2.75) is 90.1 Å². The summed E-state index contributed by atoms with van der Waals surface area (Å²) in [5.74, 6) is -0.302. The zero-order chi connectivity index (χ0) is 26.7. The van der Waals surface area contributed by atoms with Crippen LogP contribution in [-0.4, -0.2) is 86.7 Å². The average Bonchev–Trinajstić information content (AvgIpc) is 3.42. The minimum atomic E-state index is -3.84. The standard InChI is InChI=1S/C24H39N3O8S/c1-21(2,3)35-20(29)26-23(6,11-33-14-32-7)18-17(25-13-34-18)19(28)27-16-10-15-8-9-24(16,22(15,4)5)12-36(27,30)31/h13,15-18H,8-12,14H2,1-7H3,(H,26,29)/t15-,16-,17+,18+,23+,24-/m0/s1. The van der Waals surface area contributed by atoms with Crippen molar-refractivity contribution in [1.82, 2.24) is 9.62 Å². The molecule has 2 aliphatic carbocycles. The van der Waals surface area contributed by atoms with E-state index in [0.29, 0.717) is 12.3 Å². The molecule has 204 valence electrons. The van der Waals surface area contributed by atoms with Gasteiger partial charge in [-0.2, -0.15) is 0 Å². The summed E-state index contributed by atoms with van der Waals surface area (Å²) in [7, 11) is -2.38. The first kappa shape index (κ1) is 27.1. The largest absolute Gasteiger partial charge is 0.475 e. The quantitative estimate of drug-likeness (QED) is 0.391. The van der Waals surface area contributed by atoms with Crippen LogP contribution >= 0.6 is 0 Å². The van der Waals surface area contributed by atoms with Crippen LogP contribution in [0.1, 0.15) is 60.8 Å². The Morgan fingerprint density at radius 1 is 1.25 bits per heavy atom. The van der Waals surface area contributed by atoms with Crippen LogP contribution in [0.25, 0.3) is 0 Å². The molecule has 2 amide bonds. The number of sulfonamides is 1. The molecule has 36 heavy (non-hydrogen) atoms. The maximum atomic E-state index is 13.9. The van der Waals surface area contributed by atoms with Crippen molar-refractivity contribution < 1.29 is 37.0 Å². The van der Waals surface area contributed by atoms with Crippen molar-refractivity contribution in [2.24, 2.45) is 21.7 Å². The summed E-state index contributed by atoms with van der Waals surface area (Å²) in [4.78, 5) is 30.9. The molecule has 1 spiro atoms. The van der Waals surface area contributed by atoms with Gasteiger partial charge >= 0.3 is 6.09 Å². The number of methoxy groups -OCH3 is 1. The van der Waals surface area contributed by atoms with Gasteiger partial charge in [-0.15, -0.1) is 0 Å². The van der Waals surface area contributed by atoms with E-state index in [0.717, 1.165) is 23.5 Å². The first-order valence-corrected chi connectivity index (χ1v) is 14.0. The van der Waals surface area contributed by atoms with Gasteiger partial charge in [0.25, 0.3) is 5.91 Å². The summed E-state index contributed by atoms with van der Waals surface area (Å²) in [6, 6.07) is -1.57. The Morgan fingerprint density at radius 3 is 2.56 bits per heavy atom. The van der Waals surface area contributed by atoms with Crippen LogP contribution < -0.4 is 5.32 Å². The molecular formula is C24H39N3O8S. The van der Waals surface area contributed by atoms with Gasteiger partial charge in [-0.1, -0.05) is 13.8 Å². The summed E-state index contributed by atoms with van der Waals surface area (Å²) in [5, 5.41) is 2.77. The number of carbonyl (C=O) groups excluding carboxylic acids is 2. The molecule has 0 aromatic rings. The van der Waals surface area contributed by atoms with Gasteiger partial charge in [-0.3, -0.25) is 4.79 Å². The lowest BCUT2D eigenvalue weighted by atomic mass is 9.69. The molecule has 3 fully saturated rings. The predicted molar refractivity (Wildman–Crippen MR) is 131 cm³/mol. The van der Waals surface area contributed by atoms with Gasteiger partial charge < -0.3 is 24.3 Å². The fourth-order valence-electron chi connectivity index (χ4n) is 6.78. The average molecular weight is 530 g/mol. The van der Waals surface area contributed by atoms with Gasteiger partial charge in [0.05, 0.1) is 18.4 Å². The van der Waals surface area contributed by atoms with E-state index in [1.807, 2.05) is 0 Å². The fraction of sp³-hybridized carbons (Fsp3) is 0.875. The monoisotopic (exact) mass is 529 g/mol. The van der Waals surface area contributed by atoms with Crippen molar-refractivity contribution in [2.75, 3.05) is 26.3 Å². The molecule has 4 rings (SSSR count).